The van der Waals surface area contributed by atoms with Crippen LogP contribution in [0, 0.1) is 6.92 Å². The van der Waals surface area contributed by atoms with Crippen LogP contribution in [-0.2, 0) is 11.2 Å². The largest absolute Gasteiger partial charge is 0.368 e. The summed E-state index contributed by atoms with van der Waals surface area (Å²) in [5, 5.41) is 7.22. The van der Waals surface area contributed by atoms with Crippen LogP contribution in [0.25, 0.3) is 0 Å². The van der Waals surface area contributed by atoms with Crippen molar-refractivity contribution in [1.29, 1.82) is 0 Å². The minimum Gasteiger partial charge on any atom is -0.368 e. The summed E-state index contributed by atoms with van der Waals surface area (Å²) in [6, 6.07) is 15.3. The minimum atomic E-state index is 0.214. The van der Waals surface area contributed by atoms with E-state index in [2.05, 4.69) is 52.8 Å². The van der Waals surface area contributed by atoms with Gasteiger partial charge in [0.1, 0.15) is 0 Å². The van der Waals surface area contributed by atoms with Crippen molar-refractivity contribution >= 4 is 40.3 Å². The van der Waals surface area contributed by atoms with E-state index in [-0.39, 0.29) is 5.91 Å². The van der Waals surface area contributed by atoms with Gasteiger partial charge in [0.2, 0.25) is 5.91 Å². The molecular weight excluding hydrogens is 392 g/mol. The van der Waals surface area contributed by atoms with Crippen LogP contribution in [0.2, 0.25) is 0 Å². The minimum absolute atomic E-state index is 0.214. The number of hydrogen-bond donors (Lipinski definition) is 2. The highest BCUT2D eigenvalue weighted by Gasteiger charge is 2.25. The Morgan fingerprint density at radius 2 is 2.03 bits per heavy atom. The molecule has 5 nitrogen and oxygen atoms in total. The number of carbonyl (C=O) groups is 1. The average Bonchev–Trinajstić information content (AvgIpc) is 3.28. The van der Waals surface area contributed by atoms with Gasteiger partial charge < -0.3 is 20.4 Å². The molecule has 1 amide bonds. The molecule has 1 saturated heterocycles. The molecule has 2 aliphatic heterocycles. The van der Waals surface area contributed by atoms with Gasteiger partial charge in [-0.25, -0.2) is 0 Å². The van der Waals surface area contributed by atoms with Gasteiger partial charge in [-0.3, -0.25) is 4.79 Å². The van der Waals surface area contributed by atoms with Gasteiger partial charge in [0.25, 0.3) is 0 Å². The summed E-state index contributed by atoms with van der Waals surface area (Å²) in [6.07, 6.45) is 3.74. The number of thiocarbonyl (C=S) groups is 1. The van der Waals surface area contributed by atoms with Gasteiger partial charge in [0, 0.05) is 49.2 Å². The number of rotatable bonds is 6. The number of aryl methyl sites for hydroxylation is 1. The molecule has 0 aliphatic carbocycles. The number of fused-ring (bicyclic) bond motifs is 1. The van der Waals surface area contributed by atoms with E-state index in [4.69, 9.17) is 12.2 Å². The lowest BCUT2D eigenvalue weighted by Crippen LogP contribution is -2.34. The van der Waals surface area contributed by atoms with E-state index in [9.17, 15) is 4.79 Å². The Morgan fingerprint density at radius 1 is 1.20 bits per heavy atom. The molecule has 2 N–H and O–H groups in total. The molecule has 2 aliphatic rings. The van der Waals surface area contributed by atoms with Gasteiger partial charge in [-0.1, -0.05) is 18.2 Å². The van der Waals surface area contributed by atoms with E-state index < -0.39 is 0 Å². The SMILES string of the molecule is Cc1cc(NC(=S)NCCCN2c3ccccc3C[C@H]2C)ccc1N1CCCC1=O. The Bertz CT molecular complexity index is 945. The van der Waals surface area contributed by atoms with E-state index in [0.717, 1.165) is 55.8 Å². The second kappa shape index (κ2) is 9.04. The maximum Gasteiger partial charge on any atom is 0.227 e. The first-order valence-electron chi connectivity index (χ1n) is 10.8. The van der Waals surface area contributed by atoms with Crippen molar-refractivity contribution in [2.45, 2.75) is 45.6 Å². The molecule has 1 atom stereocenters. The molecule has 158 valence electrons. The Morgan fingerprint density at radius 3 is 2.80 bits per heavy atom. The Balaban J connectivity index is 1.24. The second-order valence-corrected chi connectivity index (χ2v) is 8.67. The summed E-state index contributed by atoms with van der Waals surface area (Å²) in [5.74, 6) is 0.214. The fourth-order valence-corrected chi connectivity index (χ4v) is 4.76. The fraction of sp³-hybridized carbons (Fsp3) is 0.417. The summed E-state index contributed by atoms with van der Waals surface area (Å²) in [6.45, 7) is 6.99. The molecule has 2 aromatic rings. The highest BCUT2D eigenvalue weighted by molar-refractivity contribution is 7.80. The number of benzene rings is 2. The summed E-state index contributed by atoms with van der Waals surface area (Å²) < 4.78 is 0. The molecule has 0 radical (unpaired) electrons. The van der Waals surface area contributed by atoms with Gasteiger partial charge in [-0.15, -0.1) is 0 Å². The van der Waals surface area contributed by atoms with Crippen LogP contribution >= 0.6 is 12.2 Å². The molecule has 0 saturated carbocycles. The lowest BCUT2D eigenvalue weighted by atomic mass is 10.1. The zero-order valence-electron chi connectivity index (χ0n) is 17.8. The zero-order chi connectivity index (χ0) is 21.1. The highest BCUT2D eigenvalue weighted by atomic mass is 32.1. The predicted molar refractivity (Wildman–Crippen MR) is 129 cm³/mol. The molecule has 0 bridgehead atoms. The number of carbonyl (C=O) groups excluding carboxylic acids is 1. The number of hydrogen-bond acceptors (Lipinski definition) is 3. The van der Waals surface area contributed by atoms with Crippen LogP contribution < -0.4 is 20.4 Å². The first-order chi connectivity index (χ1) is 14.5. The fourth-order valence-electron chi connectivity index (χ4n) is 4.54. The standard InChI is InChI=1S/C24H30N4OS/c1-17-15-20(10-11-21(17)28-13-5-9-23(28)29)26-24(30)25-12-6-14-27-18(2)16-19-7-3-4-8-22(19)27/h3-4,7-8,10-11,15,18H,5-6,9,12-14,16H2,1-2H3,(H2,25,26,30)/t18-/m1/s1. The third kappa shape index (κ3) is 4.43. The molecule has 1 fully saturated rings. The average molecular weight is 423 g/mol. The zero-order valence-corrected chi connectivity index (χ0v) is 18.6. The van der Waals surface area contributed by atoms with E-state index in [1.54, 1.807) is 0 Å². The summed E-state index contributed by atoms with van der Waals surface area (Å²) in [5.41, 5.74) is 5.85. The first kappa shape index (κ1) is 20.7. The van der Waals surface area contributed by atoms with Crippen LogP contribution in [0.5, 0.6) is 0 Å². The first-order valence-corrected chi connectivity index (χ1v) is 11.2. The number of para-hydroxylation sites is 1. The van der Waals surface area contributed by atoms with Gasteiger partial charge in [-0.05, 0) is 80.7 Å². The lowest BCUT2D eigenvalue weighted by Gasteiger charge is -2.25. The number of amides is 1. The van der Waals surface area contributed by atoms with E-state index in [1.165, 1.54) is 11.3 Å². The number of nitrogens with zero attached hydrogens (tertiary/aromatic N) is 2. The van der Waals surface area contributed by atoms with Crippen LogP contribution in [0.1, 0.15) is 37.3 Å². The van der Waals surface area contributed by atoms with Crippen molar-refractivity contribution in [2.24, 2.45) is 0 Å². The maximum atomic E-state index is 12.0. The van der Waals surface area contributed by atoms with E-state index in [0.29, 0.717) is 17.6 Å². The quantitative estimate of drug-likeness (QED) is 0.538. The summed E-state index contributed by atoms with van der Waals surface area (Å²) in [7, 11) is 0. The van der Waals surface area contributed by atoms with Crippen molar-refractivity contribution in [3.63, 3.8) is 0 Å². The second-order valence-electron chi connectivity index (χ2n) is 8.26. The van der Waals surface area contributed by atoms with Crippen LogP contribution in [-0.4, -0.2) is 36.7 Å². The summed E-state index contributed by atoms with van der Waals surface area (Å²) in [4.78, 5) is 16.4. The van der Waals surface area contributed by atoms with Crippen molar-refractivity contribution < 1.29 is 4.79 Å². The van der Waals surface area contributed by atoms with Crippen molar-refractivity contribution in [3.05, 3.63) is 53.6 Å². The number of nitrogens with one attached hydrogen (secondary N) is 2. The van der Waals surface area contributed by atoms with E-state index >= 15 is 0 Å². The van der Waals surface area contributed by atoms with E-state index in [1.807, 2.05) is 24.0 Å². The summed E-state index contributed by atoms with van der Waals surface area (Å²) >= 11 is 5.47. The van der Waals surface area contributed by atoms with Crippen molar-refractivity contribution in [2.75, 3.05) is 34.8 Å². The monoisotopic (exact) mass is 422 g/mol. The van der Waals surface area contributed by atoms with Crippen LogP contribution in [0.3, 0.4) is 0 Å². The third-order valence-electron chi connectivity index (χ3n) is 6.03. The molecule has 0 aromatic heterocycles. The lowest BCUT2D eigenvalue weighted by molar-refractivity contribution is -0.117. The van der Waals surface area contributed by atoms with Gasteiger partial charge >= 0.3 is 0 Å². The number of anilines is 3. The highest BCUT2D eigenvalue weighted by Crippen LogP contribution is 2.31. The molecule has 0 spiro atoms. The van der Waals surface area contributed by atoms with Gasteiger partial charge in [0.05, 0.1) is 0 Å². The molecule has 6 heteroatoms. The molecule has 2 aromatic carbocycles. The molecular formula is C24H30N4OS. The molecule has 0 unspecified atom stereocenters. The van der Waals surface area contributed by atoms with Crippen LogP contribution in [0.15, 0.2) is 42.5 Å². The maximum absolute atomic E-state index is 12.0. The van der Waals surface area contributed by atoms with Crippen molar-refractivity contribution in [1.82, 2.24) is 5.32 Å². The Hall–Kier alpha value is -2.60. The predicted octanol–water partition coefficient (Wildman–Crippen LogP) is 4.25. The van der Waals surface area contributed by atoms with Crippen LogP contribution in [0.4, 0.5) is 17.1 Å². The van der Waals surface area contributed by atoms with Gasteiger partial charge in [-0.2, -0.15) is 0 Å². The third-order valence-corrected chi connectivity index (χ3v) is 6.28. The molecule has 2 heterocycles. The Labute approximate surface area is 184 Å². The van der Waals surface area contributed by atoms with Crippen molar-refractivity contribution in [3.8, 4) is 0 Å². The Kier molecular flexibility index (Phi) is 6.23. The normalized spacial score (nSPS) is 17.9. The smallest absolute Gasteiger partial charge is 0.227 e. The topological polar surface area (TPSA) is 47.6 Å². The molecule has 30 heavy (non-hydrogen) atoms. The molecule has 4 rings (SSSR count). The van der Waals surface area contributed by atoms with Gasteiger partial charge in [0.15, 0.2) is 5.11 Å².